The molecule has 88 valence electrons. The van der Waals surface area contributed by atoms with Crippen LogP contribution in [0, 0.1) is 5.41 Å². The van der Waals surface area contributed by atoms with Gasteiger partial charge in [0.2, 0.25) is 5.91 Å². The molecular formula is C9H17NO5. The Kier molecular flexibility index (Phi) is 5.24. The predicted octanol–water partition coefficient (Wildman–Crippen LogP) is -1.04. The van der Waals surface area contributed by atoms with Gasteiger partial charge in [0.1, 0.15) is 6.10 Å². The number of hydrogen-bond acceptors (Lipinski definition) is 4. The van der Waals surface area contributed by atoms with Crippen LogP contribution in [-0.4, -0.2) is 46.5 Å². The molecular weight excluding hydrogens is 204 g/mol. The second-order valence-corrected chi connectivity index (χ2v) is 3.98. The number of rotatable bonds is 6. The number of aliphatic carboxylic acids is 1. The van der Waals surface area contributed by atoms with Crippen molar-refractivity contribution in [1.82, 2.24) is 5.32 Å². The van der Waals surface area contributed by atoms with E-state index in [0.29, 0.717) is 0 Å². The smallest absolute Gasteiger partial charge is 0.305 e. The Morgan fingerprint density at radius 3 is 2.47 bits per heavy atom. The fraction of sp³-hybridized carbons (Fsp3) is 0.778. The average molecular weight is 221 g/mol. The van der Waals surface area contributed by atoms with Crippen LogP contribution in [0.2, 0.25) is 0 Å². The van der Waals surface area contributed by atoms with Crippen molar-refractivity contribution in [2.24, 2.45) is 5.41 Å². The maximum atomic E-state index is 11.3. The lowest BCUT2D eigenvalue weighted by atomic mass is 9.87. The molecule has 0 aliphatic rings. The molecule has 0 saturated carbocycles. The van der Waals surface area contributed by atoms with Crippen LogP contribution in [0.15, 0.2) is 0 Å². The Bertz CT molecular complexity index is 239. The highest BCUT2D eigenvalue weighted by Gasteiger charge is 2.32. The number of carbonyl (C=O) groups is 2. The molecule has 0 heterocycles. The van der Waals surface area contributed by atoms with Crippen LogP contribution in [0.1, 0.15) is 20.3 Å². The topological polar surface area (TPSA) is 107 Å². The van der Waals surface area contributed by atoms with Gasteiger partial charge in [0.25, 0.3) is 0 Å². The highest BCUT2D eigenvalue weighted by atomic mass is 16.6. The summed E-state index contributed by atoms with van der Waals surface area (Å²) >= 11 is 0. The molecule has 0 aliphatic carbocycles. The normalized spacial score (nSPS) is 13.3. The highest BCUT2D eigenvalue weighted by molar-refractivity contribution is 5.81. The Balaban J connectivity index is 4.05. The molecule has 0 aromatic rings. The van der Waals surface area contributed by atoms with Crippen LogP contribution in [0.5, 0.6) is 0 Å². The third kappa shape index (κ3) is 4.75. The van der Waals surface area contributed by atoms with Gasteiger partial charge >= 0.3 is 5.97 Å². The molecule has 4 N–H and O–H groups in total. The van der Waals surface area contributed by atoms with Gasteiger partial charge in [-0.2, -0.15) is 0 Å². The summed E-state index contributed by atoms with van der Waals surface area (Å²) in [6.45, 7) is 2.70. The molecule has 0 radical (unpaired) electrons. The molecule has 0 aromatic carbocycles. The van der Waals surface area contributed by atoms with Crippen molar-refractivity contribution >= 4 is 11.9 Å². The molecule has 0 rings (SSSR count). The minimum absolute atomic E-state index is 0.0350. The molecule has 15 heavy (non-hydrogen) atoms. The third-order valence-electron chi connectivity index (χ3n) is 2.03. The summed E-state index contributed by atoms with van der Waals surface area (Å²) < 4.78 is 0. The van der Waals surface area contributed by atoms with Crippen LogP contribution >= 0.6 is 0 Å². The van der Waals surface area contributed by atoms with Crippen LogP contribution in [-0.2, 0) is 9.59 Å². The largest absolute Gasteiger partial charge is 0.481 e. The van der Waals surface area contributed by atoms with Gasteiger partial charge in [-0.05, 0) is 0 Å². The zero-order valence-electron chi connectivity index (χ0n) is 8.86. The maximum Gasteiger partial charge on any atom is 0.305 e. The van der Waals surface area contributed by atoms with Crippen molar-refractivity contribution in [3.63, 3.8) is 0 Å². The van der Waals surface area contributed by atoms with Gasteiger partial charge in [-0.1, -0.05) is 13.8 Å². The van der Waals surface area contributed by atoms with Crippen LogP contribution < -0.4 is 5.32 Å². The number of aliphatic hydroxyl groups is 2. The monoisotopic (exact) mass is 221 g/mol. The SMILES string of the molecule is CC(C)(CO)[C@@H](O)C(=O)NCC[14C](=O)O. The number of hydrogen-bond donors (Lipinski definition) is 4. The Morgan fingerprint density at radius 1 is 1.53 bits per heavy atom. The van der Waals surface area contributed by atoms with Gasteiger partial charge in [0.05, 0.1) is 13.0 Å². The molecule has 0 saturated heterocycles. The standard InChI is InChI=1S/C9H17NO5/c1-9(2,5-11)7(14)8(15)10-4-3-6(12)13/h7,11,14H,3-5H2,1-2H3,(H,10,15)(H,12,13)/t7-/m0/s1/i6+2. The van der Waals surface area contributed by atoms with Crippen molar-refractivity contribution in [2.45, 2.75) is 26.4 Å². The van der Waals surface area contributed by atoms with Crippen LogP contribution in [0.3, 0.4) is 0 Å². The lowest BCUT2D eigenvalue weighted by molar-refractivity contribution is -0.138. The van der Waals surface area contributed by atoms with Crippen molar-refractivity contribution in [1.29, 1.82) is 0 Å². The Labute approximate surface area is 87.9 Å². The number of carboxylic acid groups (broad SMARTS) is 1. The van der Waals surface area contributed by atoms with E-state index in [1.165, 1.54) is 13.8 Å². The van der Waals surface area contributed by atoms with Gasteiger partial charge in [0, 0.05) is 12.0 Å². The molecule has 6 nitrogen and oxygen atoms in total. The minimum atomic E-state index is -1.35. The number of amides is 1. The van der Waals surface area contributed by atoms with Crippen molar-refractivity contribution in [3.8, 4) is 0 Å². The van der Waals surface area contributed by atoms with E-state index >= 15 is 0 Å². The number of carboxylic acids is 1. The van der Waals surface area contributed by atoms with Gasteiger partial charge in [-0.3, -0.25) is 9.59 Å². The van der Waals surface area contributed by atoms with Gasteiger partial charge in [-0.25, -0.2) is 0 Å². The first-order valence-corrected chi connectivity index (χ1v) is 4.59. The third-order valence-corrected chi connectivity index (χ3v) is 2.03. The van der Waals surface area contributed by atoms with Crippen molar-refractivity contribution in [3.05, 3.63) is 0 Å². The molecule has 0 fully saturated rings. The van der Waals surface area contributed by atoms with E-state index in [1.54, 1.807) is 0 Å². The van der Waals surface area contributed by atoms with Crippen molar-refractivity contribution < 1.29 is 24.9 Å². The summed E-state index contributed by atoms with van der Waals surface area (Å²) in [6, 6.07) is 0. The summed E-state index contributed by atoms with van der Waals surface area (Å²) in [5.41, 5.74) is -0.937. The summed E-state index contributed by atoms with van der Waals surface area (Å²) in [6.07, 6.45) is -1.55. The Morgan fingerprint density at radius 2 is 2.07 bits per heavy atom. The number of aliphatic hydroxyl groups excluding tert-OH is 2. The van der Waals surface area contributed by atoms with E-state index in [4.69, 9.17) is 10.2 Å². The number of carbonyl (C=O) groups excluding carboxylic acids is 1. The van der Waals surface area contributed by atoms with E-state index in [-0.39, 0.29) is 19.6 Å². The average Bonchev–Trinajstić information content (AvgIpc) is 2.15. The summed E-state index contributed by atoms with van der Waals surface area (Å²) in [5, 5.41) is 29.0. The van der Waals surface area contributed by atoms with Crippen LogP contribution in [0.4, 0.5) is 0 Å². The molecule has 0 aliphatic heterocycles. The first-order chi connectivity index (χ1) is 6.81. The molecule has 1 amide bonds. The van der Waals surface area contributed by atoms with E-state index < -0.39 is 23.4 Å². The second-order valence-electron chi connectivity index (χ2n) is 3.98. The van der Waals surface area contributed by atoms with Crippen LogP contribution in [0.25, 0.3) is 0 Å². The fourth-order valence-corrected chi connectivity index (χ4v) is 0.831. The van der Waals surface area contributed by atoms with E-state index in [1.807, 2.05) is 0 Å². The lowest BCUT2D eigenvalue weighted by Gasteiger charge is -2.26. The second kappa shape index (κ2) is 5.67. The van der Waals surface area contributed by atoms with E-state index in [2.05, 4.69) is 5.32 Å². The molecule has 0 aromatic heterocycles. The van der Waals surface area contributed by atoms with Crippen molar-refractivity contribution in [2.75, 3.05) is 13.2 Å². The van der Waals surface area contributed by atoms with Gasteiger partial charge in [-0.15, -0.1) is 0 Å². The lowest BCUT2D eigenvalue weighted by Crippen LogP contribution is -2.45. The molecule has 1 atom stereocenters. The number of nitrogens with one attached hydrogen (secondary N) is 1. The van der Waals surface area contributed by atoms with Gasteiger partial charge in [0.15, 0.2) is 0 Å². The molecule has 0 bridgehead atoms. The maximum absolute atomic E-state index is 11.3. The highest BCUT2D eigenvalue weighted by Crippen LogP contribution is 2.19. The molecule has 6 heteroatoms. The summed E-state index contributed by atoms with van der Waals surface area (Å²) in [4.78, 5) is 21.4. The molecule has 0 spiro atoms. The Hall–Kier alpha value is -1.14. The summed E-state index contributed by atoms with van der Waals surface area (Å²) in [5.74, 6) is -1.69. The summed E-state index contributed by atoms with van der Waals surface area (Å²) in [7, 11) is 0. The fourth-order valence-electron chi connectivity index (χ4n) is 0.831. The minimum Gasteiger partial charge on any atom is -0.481 e. The zero-order chi connectivity index (χ0) is 12.1. The molecule has 0 unspecified atom stereocenters. The zero-order valence-corrected chi connectivity index (χ0v) is 8.86. The quantitative estimate of drug-likeness (QED) is 0.458. The predicted molar refractivity (Wildman–Crippen MR) is 52.1 cm³/mol. The van der Waals surface area contributed by atoms with E-state index in [9.17, 15) is 14.7 Å². The van der Waals surface area contributed by atoms with E-state index in [0.717, 1.165) is 0 Å². The first-order valence-electron chi connectivity index (χ1n) is 4.59. The van der Waals surface area contributed by atoms with Gasteiger partial charge < -0.3 is 20.6 Å². The first kappa shape index (κ1) is 13.9.